The van der Waals surface area contributed by atoms with E-state index in [1.165, 1.54) is 0 Å². The van der Waals surface area contributed by atoms with Gasteiger partial charge in [0.05, 0.1) is 12.0 Å². The lowest BCUT2D eigenvalue weighted by atomic mass is 9.89. The molecule has 3 atom stereocenters. The maximum atomic E-state index is 12.3. The maximum Gasteiger partial charge on any atom is 0.414 e. The Kier molecular flexibility index (Phi) is 3.48. The molecule has 0 aliphatic carbocycles. The van der Waals surface area contributed by atoms with Gasteiger partial charge in [0, 0.05) is 5.92 Å². The van der Waals surface area contributed by atoms with Crippen LogP contribution in [-0.4, -0.2) is 24.3 Å². The van der Waals surface area contributed by atoms with Crippen LogP contribution >= 0.6 is 11.6 Å². The molecular weight excluding hydrogens is 217 g/mol. The molecule has 1 aliphatic rings. The number of allylic oxidation sites excluding steroid dienone is 1. The maximum absolute atomic E-state index is 12.3. The first-order chi connectivity index (χ1) is 6.32. The van der Waals surface area contributed by atoms with E-state index in [0.717, 1.165) is 0 Å². The Balaban J connectivity index is 2.67. The van der Waals surface area contributed by atoms with Crippen LogP contribution in [0.4, 0.5) is 13.2 Å². The molecule has 0 amide bonds. The SMILES string of the molecule is C=C(C)C1CC(C(F)(F)F)OCC1Cl. The van der Waals surface area contributed by atoms with Gasteiger partial charge in [-0.3, -0.25) is 0 Å². The number of hydrogen-bond acceptors (Lipinski definition) is 1. The Hall–Kier alpha value is -0.220. The molecule has 0 aromatic rings. The summed E-state index contributed by atoms with van der Waals surface area (Å²) < 4.78 is 41.6. The van der Waals surface area contributed by atoms with Crippen LogP contribution in [0.3, 0.4) is 0 Å². The summed E-state index contributed by atoms with van der Waals surface area (Å²) in [6.45, 7) is 5.27. The van der Waals surface area contributed by atoms with Crippen LogP contribution in [0.25, 0.3) is 0 Å². The van der Waals surface area contributed by atoms with E-state index < -0.39 is 17.7 Å². The van der Waals surface area contributed by atoms with Crippen molar-refractivity contribution in [2.75, 3.05) is 6.61 Å². The molecule has 0 aromatic carbocycles. The minimum absolute atomic E-state index is 0.0662. The molecule has 0 spiro atoms. The zero-order chi connectivity index (χ0) is 10.9. The molecule has 0 N–H and O–H groups in total. The number of rotatable bonds is 1. The van der Waals surface area contributed by atoms with Gasteiger partial charge in [-0.05, 0) is 13.3 Å². The largest absolute Gasteiger partial charge is 0.414 e. The topological polar surface area (TPSA) is 9.23 Å². The van der Waals surface area contributed by atoms with Crippen molar-refractivity contribution in [1.29, 1.82) is 0 Å². The minimum Gasteiger partial charge on any atom is -0.367 e. The zero-order valence-corrected chi connectivity index (χ0v) is 8.53. The van der Waals surface area contributed by atoms with Crippen LogP contribution in [0.5, 0.6) is 0 Å². The Bertz CT molecular complexity index is 227. The van der Waals surface area contributed by atoms with Crippen molar-refractivity contribution in [1.82, 2.24) is 0 Å². The highest BCUT2D eigenvalue weighted by atomic mass is 35.5. The van der Waals surface area contributed by atoms with Gasteiger partial charge in [0.15, 0.2) is 6.10 Å². The van der Waals surface area contributed by atoms with Gasteiger partial charge in [0.2, 0.25) is 0 Å². The first kappa shape index (κ1) is 11.9. The van der Waals surface area contributed by atoms with E-state index in [2.05, 4.69) is 11.3 Å². The fourth-order valence-electron chi connectivity index (χ4n) is 1.51. The van der Waals surface area contributed by atoms with Gasteiger partial charge in [0.25, 0.3) is 0 Å². The monoisotopic (exact) mass is 228 g/mol. The molecule has 0 bridgehead atoms. The molecule has 1 rings (SSSR count). The third kappa shape index (κ3) is 2.64. The van der Waals surface area contributed by atoms with E-state index in [9.17, 15) is 13.2 Å². The molecule has 82 valence electrons. The van der Waals surface area contributed by atoms with Gasteiger partial charge in [-0.2, -0.15) is 13.2 Å². The lowest BCUT2D eigenvalue weighted by molar-refractivity contribution is -0.233. The number of ether oxygens (including phenoxy) is 1. The standard InChI is InChI=1S/C9H12ClF3O/c1-5(2)6-3-8(9(11,12)13)14-4-7(6)10/h6-8H,1,3-4H2,2H3. The highest BCUT2D eigenvalue weighted by molar-refractivity contribution is 6.21. The predicted octanol–water partition coefficient (Wildman–Crippen LogP) is 3.14. The summed E-state index contributed by atoms with van der Waals surface area (Å²) in [5, 5.41) is -0.397. The lowest BCUT2D eigenvalue weighted by Crippen LogP contribution is -2.42. The Morgan fingerprint density at radius 1 is 1.50 bits per heavy atom. The molecule has 1 saturated heterocycles. The molecule has 1 fully saturated rings. The van der Waals surface area contributed by atoms with Crippen LogP contribution in [0, 0.1) is 5.92 Å². The van der Waals surface area contributed by atoms with Crippen molar-refractivity contribution in [3.63, 3.8) is 0 Å². The van der Waals surface area contributed by atoms with Gasteiger partial charge in [0.1, 0.15) is 0 Å². The average Bonchev–Trinajstić information content (AvgIpc) is 2.02. The fourth-order valence-corrected chi connectivity index (χ4v) is 1.90. The van der Waals surface area contributed by atoms with Gasteiger partial charge in [-0.1, -0.05) is 12.2 Å². The summed E-state index contributed by atoms with van der Waals surface area (Å²) >= 11 is 5.84. The molecule has 5 heteroatoms. The highest BCUT2D eigenvalue weighted by Crippen LogP contribution is 2.36. The zero-order valence-electron chi connectivity index (χ0n) is 7.77. The van der Waals surface area contributed by atoms with Gasteiger partial charge in [-0.15, -0.1) is 11.6 Å². The number of alkyl halides is 4. The van der Waals surface area contributed by atoms with E-state index >= 15 is 0 Å². The van der Waals surface area contributed by atoms with Crippen LogP contribution in [0.2, 0.25) is 0 Å². The van der Waals surface area contributed by atoms with Crippen LogP contribution in [0.1, 0.15) is 13.3 Å². The number of hydrogen-bond donors (Lipinski definition) is 0. The Morgan fingerprint density at radius 3 is 2.50 bits per heavy atom. The summed E-state index contributed by atoms with van der Waals surface area (Å²) in [6, 6.07) is 0. The smallest absolute Gasteiger partial charge is 0.367 e. The van der Waals surface area contributed by atoms with Crippen LogP contribution < -0.4 is 0 Å². The molecule has 0 radical (unpaired) electrons. The molecule has 3 unspecified atom stereocenters. The van der Waals surface area contributed by atoms with Crippen molar-refractivity contribution in [2.24, 2.45) is 5.92 Å². The molecule has 1 nitrogen and oxygen atoms in total. The highest BCUT2D eigenvalue weighted by Gasteiger charge is 2.45. The average molecular weight is 229 g/mol. The molecule has 1 heterocycles. The van der Waals surface area contributed by atoms with E-state index in [0.29, 0.717) is 5.57 Å². The Morgan fingerprint density at radius 2 is 2.07 bits per heavy atom. The summed E-state index contributed by atoms with van der Waals surface area (Å²) in [7, 11) is 0. The summed E-state index contributed by atoms with van der Waals surface area (Å²) in [5.74, 6) is -0.308. The summed E-state index contributed by atoms with van der Waals surface area (Å²) in [5.41, 5.74) is 0.683. The molecular formula is C9H12ClF3O. The van der Waals surface area contributed by atoms with Crippen LogP contribution in [-0.2, 0) is 4.74 Å². The normalized spacial score (nSPS) is 34.2. The lowest BCUT2D eigenvalue weighted by Gasteiger charge is -2.34. The quantitative estimate of drug-likeness (QED) is 0.495. The first-order valence-electron chi connectivity index (χ1n) is 4.30. The Labute approximate surface area is 85.9 Å². The summed E-state index contributed by atoms with van der Waals surface area (Å²) in [4.78, 5) is 0. The fraction of sp³-hybridized carbons (Fsp3) is 0.778. The molecule has 0 saturated carbocycles. The third-order valence-electron chi connectivity index (χ3n) is 2.36. The second-order valence-corrected chi connectivity index (χ2v) is 4.13. The summed E-state index contributed by atoms with van der Waals surface area (Å²) in [6.07, 6.45) is -6.11. The van der Waals surface area contributed by atoms with E-state index in [1.807, 2.05) is 0 Å². The van der Waals surface area contributed by atoms with Crippen molar-refractivity contribution >= 4 is 11.6 Å². The molecule has 1 aliphatic heterocycles. The first-order valence-corrected chi connectivity index (χ1v) is 4.73. The van der Waals surface area contributed by atoms with Crippen LogP contribution in [0.15, 0.2) is 12.2 Å². The van der Waals surface area contributed by atoms with E-state index in [1.54, 1.807) is 6.92 Å². The van der Waals surface area contributed by atoms with Gasteiger partial charge >= 0.3 is 6.18 Å². The molecule has 0 aromatic heterocycles. The van der Waals surface area contributed by atoms with Crippen molar-refractivity contribution in [2.45, 2.75) is 31.0 Å². The van der Waals surface area contributed by atoms with E-state index in [-0.39, 0.29) is 18.9 Å². The van der Waals surface area contributed by atoms with Crippen molar-refractivity contribution in [3.8, 4) is 0 Å². The second kappa shape index (κ2) is 4.11. The third-order valence-corrected chi connectivity index (χ3v) is 2.79. The van der Waals surface area contributed by atoms with E-state index in [4.69, 9.17) is 11.6 Å². The van der Waals surface area contributed by atoms with Crippen molar-refractivity contribution < 1.29 is 17.9 Å². The minimum atomic E-state index is -4.30. The second-order valence-electron chi connectivity index (χ2n) is 3.57. The van der Waals surface area contributed by atoms with Crippen molar-refractivity contribution in [3.05, 3.63) is 12.2 Å². The van der Waals surface area contributed by atoms with Gasteiger partial charge < -0.3 is 4.74 Å². The predicted molar refractivity (Wildman–Crippen MR) is 48.4 cm³/mol. The number of halogens is 4. The van der Waals surface area contributed by atoms with Gasteiger partial charge in [-0.25, -0.2) is 0 Å². The molecule has 14 heavy (non-hydrogen) atoms.